The maximum absolute atomic E-state index is 8.88. The van der Waals surface area contributed by atoms with E-state index in [0.29, 0.717) is 11.5 Å². The van der Waals surface area contributed by atoms with Crippen molar-refractivity contribution in [2.75, 3.05) is 0 Å². The first-order valence-corrected chi connectivity index (χ1v) is 4.40. The summed E-state index contributed by atoms with van der Waals surface area (Å²) in [5, 5.41) is 17.8. The number of pyridine rings is 1. The first-order valence-electron chi connectivity index (χ1n) is 4.40. The highest BCUT2D eigenvalue weighted by Gasteiger charge is 2.12. The molecule has 1 heterocycles. The van der Waals surface area contributed by atoms with E-state index in [1.54, 1.807) is 12.3 Å². The molecule has 1 rings (SSSR count). The van der Waals surface area contributed by atoms with Crippen molar-refractivity contribution in [2.24, 2.45) is 5.92 Å². The van der Waals surface area contributed by atoms with Gasteiger partial charge in [-0.15, -0.1) is 0 Å². The highest BCUT2D eigenvalue weighted by Crippen LogP contribution is 2.04. The van der Waals surface area contributed by atoms with Gasteiger partial charge >= 0.3 is 7.12 Å². The van der Waals surface area contributed by atoms with Crippen LogP contribution in [0.5, 0.6) is 0 Å². The quantitative estimate of drug-likeness (QED) is 0.640. The molecule has 70 valence electrons. The molecule has 0 spiro atoms. The Balaban J connectivity index is 2.79. The van der Waals surface area contributed by atoms with Crippen LogP contribution >= 0.6 is 0 Å². The molecule has 0 aromatic carbocycles. The monoisotopic (exact) mass is 179 g/mol. The van der Waals surface area contributed by atoms with Gasteiger partial charge in [-0.3, -0.25) is 4.98 Å². The van der Waals surface area contributed by atoms with E-state index >= 15 is 0 Å². The summed E-state index contributed by atoms with van der Waals surface area (Å²) in [6, 6.07) is 3.62. The summed E-state index contributed by atoms with van der Waals surface area (Å²) < 4.78 is 0. The van der Waals surface area contributed by atoms with E-state index in [2.05, 4.69) is 18.8 Å². The molecular weight excluding hydrogens is 165 g/mol. The lowest BCUT2D eigenvalue weighted by Gasteiger charge is -2.05. The second-order valence-electron chi connectivity index (χ2n) is 3.56. The molecule has 0 aliphatic carbocycles. The summed E-state index contributed by atoms with van der Waals surface area (Å²) in [6.07, 6.45) is 2.54. The summed E-state index contributed by atoms with van der Waals surface area (Å²) in [7, 11) is -1.47. The van der Waals surface area contributed by atoms with Crippen LogP contribution in [0.3, 0.4) is 0 Å². The van der Waals surface area contributed by atoms with Crippen molar-refractivity contribution >= 4 is 12.7 Å². The van der Waals surface area contributed by atoms with Crippen LogP contribution in [0, 0.1) is 5.92 Å². The zero-order valence-corrected chi connectivity index (χ0v) is 7.94. The predicted octanol–water partition coefficient (Wildman–Crippen LogP) is -0.0401. The lowest BCUT2D eigenvalue weighted by Crippen LogP contribution is -2.32. The van der Waals surface area contributed by atoms with Gasteiger partial charge in [0, 0.05) is 6.20 Å². The maximum atomic E-state index is 8.88. The third kappa shape index (κ3) is 3.16. The van der Waals surface area contributed by atoms with E-state index in [0.717, 1.165) is 12.0 Å². The van der Waals surface area contributed by atoms with E-state index in [1.165, 1.54) is 0 Å². The first-order chi connectivity index (χ1) is 6.09. The van der Waals surface area contributed by atoms with Crippen LogP contribution < -0.4 is 5.59 Å². The molecule has 0 radical (unpaired) electrons. The van der Waals surface area contributed by atoms with E-state index in [1.807, 2.05) is 6.07 Å². The van der Waals surface area contributed by atoms with Crippen LogP contribution in [0.25, 0.3) is 0 Å². The Morgan fingerprint density at radius 2 is 2.15 bits per heavy atom. The number of hydrogen-bond acceptors (Lipinski definition) is 3. The van der Waals surface area contributed by atoms with Gasteiger partial charge in [-0.1, -0.05) is 13.8 Å². The summed E-state index contributed by atoms with van der Waals surface area (Å²) in [5.74, 6) is 0.561. The molecule has 0 aliphatic rings. The fraction of sp³-hybridized carbons (Fsp3) is 0.444. The van der Waals surface area contributed by atoms with Crippen LogP contribution in [0.15, 0.2) is 18.3 Å². The first kappa shape index (κ1) is 10.2. The smallest absolute Gasteiger partial charge is 0.422 e. The average Bonchev–Trinajstić information content (AvgIpc) is 2.03. The Hall–Kier alpha value is -0.865. The molecule has 0 saturated carbocycles. The normalized spacial score (nSPS) is 10.5. The molecule has 0 saturated heterocycles. The van der Waals surface area contributed by atoms with Gasteiger partial charge in [0.1, 0.15) is 0 Å². The van der Waals surface area contributed by atoms with E-state index < -0.39 is 7.12 Å². The lowest BCUT2D eigenvalue weighted by atomic mass is 9.84. The highest BCUT2D eigenvalue weighted by atomic mass is 16.4. The van der Waals surface area contributed by atoms with Crippen LogP contribution in [0.2, 0.25) is 0 Å². The lowest BCUT2D eigenvalue weighted by molar-refractivity contribution is 0.424. The topological polar surface area (TPSA) is 53.4 Å². The van der Waals surface area contributed by atoms with Crippen molar-refractivity contribution in [3.63, 3.8) is 0 Å². The zero-order valence-electron chi connectivity index (χ0n) is 7.94. The van der Waals surface area contributed by atoms with Gasteiger partial charge in [0.15, 0.2) is 0 Å². The zero-order chi connectivity index (χ0) is 9.84. The minimum Gasteiger partial charge on any atom is -0.422 e. The summed E-state index contributed by atoms with van der Waals surface area (Å²) in [5.41, 5.74) is 1.41. The van der Waals surface area contributed by atoms with Crippen molar-refractivity contribution in [2.45, 2.75) is 20.3 Å². The predicted molar refractivity (Wildman–Crippen MR) is 52.6 cm³/mol. The molecule has 4 heteroatoms. The Morgan fingerprint density at radius 1 is 1.46 bits per heavy atom. The molecular formula is C9H14BNO2. The molecule has 0 atom stereocenters. The Bertz CT molecular complexity index is 276. The van der Waals surface area contributed by atoms with Gasteiger partial charge in [-0.25, -0.2) is 0 Å². The van der Waals surface area contributed by atoms with E-state index in [9.17, 15) is 0 Å². The van der Waals surface area contributed by atoms with Crippen LogP contribution in [0.4, 0.5) is 0 Å². The number of aromatic nitrogens is 1. The van der Waals surface area contributed by atoms with Gasteiger partial charge < -0.3 is 10.0 Å². The molecule has 1 aromatic heterocycles. The van der Waals surface area contributed by atoms with Gasteiger partial charge in [-0.2, -0.15) is 0 Å². The Labute approximate surface area is 78.6 Å². The molecule has 1 aromatic rings. The Morgan fingerprint density at radius 3 is 2.69 bits per heavy atom. The Kier molecular flexibility index (Phi) is 3.45. The maximum Gasteiger partial charge on any atom is 0.508 e. The van der Waals surface area contributed by atoms with E-state index in [4.69, 9.17) is 10.0 Å². The van der Waals surface area contributed by atoms with Crippen LogP contribution in [-0.2, 0) is 6.42 Å². The van der Waals surface area contributed by atoms with Gasteiger partial charge in [-0.05, 0) is 30.0 Å². The number of rotatable bonds is 3. The molecule has 0 fully saturated rings. The summed E-state index contributed by atoms with van der Waals surface area (Å²) >= 11 is 0. The molecule has 0 amide bonds. The fourth-order valence-electron chi connectivity index (χ4n) is 1.23. The summed E-state index contributed by atoms with van der Waals surface area (Å²) in [4.78, 5) is 3.85. The molecule has 0 aliphatic heterocycles. The largest absolute Gasteiger partial charge is 0.508 e. The molecule has 13 heavy (non-hydrogen) atoms. The van der Waals surface area contributed by atoms with Crippen molar-refractivity contribution in [3.8, 4) is 0 Å². The number of nitrogens with zero attached hydrogens (tertiary/aromatic N) is 1. The molecule has 0 bridgehead atoms. The SMILES string of the molecule is CC(C)Cc1ccnc(B(O)O)c1. The van der Waals surface area contributed by atoms with Gasteiger partial charge in [0.05, 0.1) is 5.59 Å². The summed E-state index contributed by atoms with van der Waals surface area (Å²) in [6.45, 7) is 4.24. The minimum atomic E-state index is -1.47. The number of hydrogen-bond donors (Lipinski definition) is 2. The third-order valence-corrected chi connectivity index (χ3v) is 1.75. The van der Waals surface area contributed by atoms with Crippen molar-refractivity contribution < 1.29 is 10.0 Å². The van der Waals surface area contributed by atoms with E-state index in [-0.39, 0.29) is 0 Å². The standard InChI is InChI=1S/C9H14BNO2/c1-7(2)5-8-3-4-11-9(6-8)10(12)13/h3-4,6-7,12-13H,5H2,1-2H3. The van der Waals surface area contributed by atoms with Crippen molar-refractivity contribution in [1.29, 1.82) is 0 Å². The van der Waals surface area contributed by atoms with Crippen molar-refractivity contribution in [3.05, 3.63) is 23.9 Å². The molecule has 2 N–H and O–H groups in total. The highest BCUT2D eigenvalue weighted by molar-refractivity contribution is 6.57. The van der Waals surface area contributed by atoms with Crippen molar-refractivity contribution in [1.82, 2.24) is 4.98 Å². The van der Waals surface area contributed by atoms with Crippen LogP contribution in [0.1, 0.15) is 19.4 Å². The average molecular weight is 179 g/mol. The third-order valence-electron chi connectivity index (χ3n) is 1.75. The second-order valence-corrected chi connectivity index (χ2v) is 3.56. The molecule has 0 unspecified atom stereocenters. The molecule has 3 nitrogen and oxygen atoms in total. The minimum absolute atomic E-state index is 0.318. The second kappa shape index (κ2) is 4.39. The van der Waals surface area contributed by atoms with Gasteiger partial charge in [0.25, 0.3) is 0 Å². The van der Waals surface area contributed by atoms with Crippen LogP contribution in [-0.4, -0.2) is 22.2 Å². The fourth-order valence-corrected chi connectivity index (χ4v) is 1.23. The van der Waals surface area contributed by atoms with Gasteiger partial charge in [0.2, 0.25) is 0 Å².